The average Bonchev–Trinajstić information content (AvgIpc) is 2.74. The van der Waals surface area contributed by atoms with E-state index in [0.717, 1.165) is 0 Å². The molecule has 0 unspecified atom stereocenters. The molecule has 0 atom stereocenters. The number of aromatic amines is 1. The molecular weight excluding hydrogens is 254 g/mol. The van der Waals surface area contributed by atoms with E-state index in [1.807, 2.05) is 6.07 Å². The number of ether oxygens (including phenoxy) is 2. The molecule has 1 aromatic heterocycles. The van der Waals surface area contributed by atoms with E-state index in [1.165, 1.54) is 12.3 Å². The molecule has 1 fully saturated rings. The number of fused-ring (bicyclic) bond motifs is 2. The summed E-state index contributed by atoms with van der Waals surface area (Å²) in [7, 11) is 0. The Bertz CT molecular complexity index is 662. The van der Waals surface area contributed by atoms with Gasteiger partial charge in [0.1, 0.15) is 17.6 Å². The van der Waals surface area contributed by atoms with Crippen molar-refractivity contribution in [2.75, 3.05) is 0 Å². The Labute approximate surface area is 107 Å². The van der Waals surface area contributed by atoms with Crippen LogP contribution in [-0.4, -0.2) is 11.3 Å². The van der Waals surface area contributed by atoms with E-state index in [-0.39, 0.29) is 17.9 Å². The zero-order valence-electron chi connectivity index (χ0n) is 9.61. The van der Waals surface area contributed by atoms with Crippen LogP contribution in [0.3, 0.4) is 0 Å². The van der Waals surface area contributed by atoms with Crippen LogP contribution < -0.4 is 0 Å². The van der Waals surface area contributed by atoms with Crippen molar-refractivity contribution in [1.29, 1.82) is 5.26 Å². The van der Waals surface area contributed by atoms with Crippen LogP contribution in [0.2, 0.25) is 0 Å². The van der Waals surface area contributed by atoms with Gasteiger partial charge in [-0.2, -0.15) is 5.26 Å². The molecule has 0 aromatic carbocycles. The lowest BCUT2D eigenvalue weighted by Gasteiger charge is -2.27. The van der Waals surface area contributed by atoms with E-state index in [9.17, 15) is 8.78 Å². The van der Waals surface area contributed by atoms with Crippen LogP contribution in [0.1, 0.15) is 17.5 Å². The molecule has 2 heterocycles. The Morgan fingerprint density at radius 2 is 2.16 bits per heavy atom. The van der Waals surface area contributed by atoms with Gasteiger partial charge in [-0.15, -0.1) is 8.78 Å². The van der Waals surface area contributed by atoms with Gasteiger partial charge in [0.25, 0.3) is 0 Å². The first-order valence-corrected chi connectivity index (χ1v) is 5.52. The Kier molecular flexibility index (Phi) is 2.42. The van der Waals surface area contributed by atoms with E-state index in [0.29, 0.717) is 16.7 Å². The monoisotopic (exact) mass is 262 g/mol. The highest BCUT2D eigenvalue weighted by Gasteiger charge is 2.42. The molecule has 19 heavy (non-hydrogen) atoms. The lowest BCUT2D eigenvalue weighted by molar-refractivity contribution is -0.375. The predicted molar refractivity (Wildman–Crippen MR) is 61.4 cm³/mol. The third-order valence-corrected chi connectivity index (χ3v) is 2.83. The summed E-state index contributed by atoms with van der Waals surface area (Å²) >= 11 is 0. The van der Waals surface area contributed by atoms with Gasteiger partial charge >= 0.3 is 6.29 Å². The second kappa shape index (κ2) is 3.99. The number of halogens is 2. The minimum absolute atomic E-state index is 0.0901. The van der Waals surface area contributed by atoms with Crippen molar-refractivity contribution in [2.45, 2.75) is 12.7 Å². The molecule has 2 bridgehead atoms. The van der Waals surface area contributed by atoms with Crippen LogP contribution in [0.4, 0.5) is 8.78 Å². The molecule has 4 nitrogen and oxygen atoms in total. The first-order chi connectivity index (χ1) is 9.09. The fourth-order valence-electron chi connectivity index (χ4n) is 2.05. The van der Waals surface area contributed by atoms with Crippen molar-refractivity contribution in [3.8, 4) is 6.07 Å². The van der Waals surface area contributed by atoms with Gasteiger partial charge in [0.05, 0.1) is 12.0 Å². The Morgan fingerprint density at radius 3 is 2.95 bits per heavy atom. The number of aromatic nitrogens is 1. The van der Waals surface area contributed by atoms with Crippen molar-refractivity contribution < 1.29 is 18.3 Å². The van der Waals surface area contributed by atoms with E-state index < -0.39 is 6.29 Å². The molecule has 1 aromatic rings. The van der Waals surface area contributed by atoms with Crippen molar-refractivity contribution in [3.63, 3.8) is 0 Å². The molecule has 0 amide bonds. The maximum Gasteiger partial charge on any atom is 0.585 e. The average molecular weight is 262 g/mol. The second-order valence-electron chi connectivity index (χ2n) is 4.07. The number of allylic oxidation sites excluding steroid dienone is 4. The number of hydrogen-bond acceptors (Lipinski definition) is 3. The standard InChI is InChI=1S/C13H8F2N2O2/c14-13(15)18-9-2-1-3-10(12(4-9)19-13)11-7-17-6-8(11)5-16/h1-3,6-7,17H,4H2. The first kappa shape index (κ1) is 11.5. The lowest BCUT2D eigenvalue weighted by atomic mass is 10.0. The smallest absolute Gasteiger partial charge is 0.403 e. The maximum absolute atomic E-state index is 13.3. The van der Waals surface area contributed by atoms with Gasteiger partial charge in [-0.25, -0.2) is 0 Å². The van der Waals surface area contributed by atoms with Gasteiger partial charge in [0, 0.05) is 23.5 Å². The number of hydrogen-bond donors (Lipinski definition) is 1. The summed E-state index contributed by atoms with van der Waals surface area (Å²) in [4.78, 5) is 2.78. The third-order valence-electron chi connectivity index (χ3n) is 2.83. The first-order valence-electron chi connectivity index (χ1n) is 5.52. The van der Waals surface area contributed by atoms with Gasteiger partial charge in [-0.1, -0.05) is 12.2 Å². The minimum Gasteiger partial charge on any atom is -0.403 e. The highest BCUT2D eigenvalue weighted by molar-refractivity contribution is 5.80. The molecule has 1 aliphatic carbocycles. The fraction of sp³-hybridized carbons (Fsp3) is 0.154. The summed E-state index contributed by atoms with van der Waals surface area (Å²) < 4.78 is 35.5. The van der Waals surface area contributed by atoms with Gasteiger partial charge in [0.2, 0.25) is 0 Å². The van der Waals surface area contributed by atoms with Crippen LogP contribution >= 0.6 is 0 Å². The molecule has 1 N–H and O–H groups in total. The van der Waals surface area contributed by atoms with E-state index >= 15 is 0 Å². The largest absolute Gasteiger partial charge is 0.585 e. The zero-order chi connectivity index (χ0) is 13.5. The van der Waals surface area contributed by atoms with Crippen LogP contribution in [0.15, 0.2) is 42.1 Å². The van der Waals surface area contributed by atoms with Crippen LogP contribution in [-0.2, 0) is 9.47 Å². The maximum atomic E-state index is 13.3. The van der Waals surface area contributed by atoms with E-state index in [2.05, 4.69) is 14.5 Å². The number of rotatable bonds is 1. The van der Waals surface area contributed by atoms with Gasteiger partial charge < -0.3 is 14.5 Å². The highest BCUT2D eigenvalue weighted by atomic mass is 19.3. The van der Waals surface area contributed by atoms with Crippen molar-refractivity contribution in [3.05, 3.63) is 53.3 Å². The summed E-state index contributed by atoms with van der Waals surface area (Å²) in [6, 6.07) is 2.00. The molecular formula is C13H8F2N2O2. The van der Waals surface area contributed by atoms with Crippen molar-refractivity contribution in [1.82, 2.24) is 4.98 Å². The minimum atomic E-state index is -3.68. The van der Waals surface area contributed by atoms with Crippen LogP contribution in [0.5, 0.6) is 0 Å². The summed E-state index contributed by atoms with van der Waals surface area (Å²) in [6.07, 6.45) is 4.21. The van der Waals surface area contributed by atoms with E-state index in [1.54, 1.807) is 18.3 Å². The number of nitrogens with one attached hydrogen (secondary N) is 1. The molecule has 0 radical (unpaired) electrons. The molecule has 96 valence electrons. The summed E-state index contributed by atoms with van der Waals surface area (Å²) in [5.74, 6) is 0.221. The Morgan fingerprint density at radius 1 is 1.32 bits per heavy atom. The Balaban J connectivity index is 2.13. The normalized spacial score (nSPS) is 19.9. The highest BCUT2D eigenvalue weighted by Crippen LogP contribution is 2.40. The fourth-order valence-corrected chi connectivity index (χ4v) is 2.05. The van der Waals surface area contributed by atoms with Crippen LogP contribution in [0, 0.1) is 11.3 Å². The Hall–Kier alpha value is -2.55. The SMILES string of the molecule is N#Cc1c[nH]cc1C1=C2CC(=CC=C1)OC(F)(F)O2. The molecule has 2 aliphatic rings. The molecule has 3 rings (SSSR count). The molecule has 6 heteroatoms. The predicted octanol–water partition coefficient (Wildman–Crippen LogP) is 3.04. The lowest BCUT2D eigenvalue weighted by Crippen LogP contribution is -2.29. The quantitative estimate of drug-likeness (QED) is 0.846. The second-order valence-corrected chi connectivity index (χ2v) is 4.07. The van der Waals surface area contributed by atoms with Gasteiger partial charge in [0.15, 0.2) is 0 Å². The molecule has 1 saturated heterocycles. The summed E-state index contributed by atoms with van der Waals surface area (Å²) in [6.45, 7) is 0. The van der Waals surface area contributed by atoms with Crippen molar-refractivity contribution in [2.24, 2.45) is 0 Å². The summed E-state index contributed by atoms with van der Waals surface area (Å²) in [5.41, 5.74) is 1.35. The molecule has 0 saturated carbocycles. The third kappa shape index (κ3) is 1.99. The number of alkyl halides is 2. The number of nitriles is 1. The molecule has 1 aliphatic heterocycles. The summed E-state index contributed by atoms with van der Waals surface area (Å²) in [5, 5.41) is 8.99. The molecule has 0 spiro atoms. The van der Waals surface area contributed by atoms with Gasteiger partial charge in [-0.05, 0) is 6.08 Å². The van der Waals surface area contributed by atoms with Gasteiger partial charge in [-0.3, -0.25) is 0 Å². The van der Waals surface area contributed by atoms with Crippen LogP contribution in [0.25, 0.3) is 5.57 Å². The topological polar surface area (TPSA) is 58.0 Å². The van der Waals surface area contributed by atoms with E-state index in [4.69, 9.17) is 5.26 Å². The zero-order valence-corrected chi connectivity index (χ0v) is 9.61. The number of nitrogens with zero attached hydrogens (tertiary/aromatic N) is 1. The van der Waals surface area contributed by atoms with Crippen molar-refractivity contribution >= 4 is 5.57 Å². The number of H-pyrrole nitrogens is 1.